The lowest BCUT2D eigenvalue weighted by molar-refractivity contribution is -0.138. The van der Waals surface area contributed by atoms with Crippen molar-refractivity contribution in [1.29, 1.82) is 0 Å². The first-order valence-electron chi connectivity index (χ1n) is 12.7. The molecule has 7 nitrogen and oxygen atoms in total. The Morgan fingerprint density at radius 2 is 1.54 bits per heavy atom. The smallest absolute Gasteiger partial charge is 0.254 e. The van der Waals surface area contributed by atoms with Gasteiger partial charge in [-0.25, -0.2) is 0 Å². The van der Waals surface area contributed by atoms with Crippen LogP contribution >= 0.6 is 11.3 Å². The van der Waals surface area contributed by atoms with Gasteiger partial charge in [0.15, 0.2) is 0 Å². The van der Waals surface area contributed by atoms with Crippen LogP contribution < -0.4 is 9.47 Å². The highest BCUT2D eigenvalue weighted by molar-refractivity contribution is 7.10. The summed E-state index contributed by atoms with van der Waals surface area (Å²) < 4.78 is 10.6. The highest BCUT2D eigenvalue weighted by atomic mass is 32.1. The van der Waals surface area contributed by atoms with Crippen LogP contribution in [0.25, 0.3) is 0 Å². The summed E-state index contributed by atoms with van der Waals surface area (Å²) in [6, 6.07) is 17.7. The first-order chi connectivity index (χ1) is 18.0. The van der Waals surface area contributed by atoms with Crippen molar-refractivity contribution in [3.63, 3.8) is 0 Å². The SMILES string of the molecule is COc1cc(OC)cc(C(=O)N2CCN(C(=O)[C@H](C)N3CCc4sccc4[C@H]3c3ccccc3)CC2)c1. The zero-order valence-corrected chi connectivity index (χ0v) is 22.4. The van der Waals surface area contributed by atoms with Crippen LogP contribution in [0.4, 0.5) is 0 Å². The Morgan fingerprint density at radius 1 is 0.892 bits per heavy atom. The highest BCUT2D eigenvalue weighted by Gasteiger charge is 2.37. The van der Waals surface area contributed by atoms with E-state index >= 15 is 0 Å². The Hall–Kier alpha value is -3.36. The van der Waals surface area contributed by atoms with Crippen LogP contribution in [0.2, 0.25) is 0 Å². The predicted molar refractivity (Wildman–Crippen MR) is 145 cm³/mol. The van der Waals surface area contributed by atoms with E-state index in [9.17, 15) is 9.59 Å². The van der Waals surface area contributed by atoms with Crippen LogP contribution in [-0.2, 0) is 11.2 Å². The molecule has 1 aromatic heterocycles. The number of thiophene rings is 1. The Balaban J connectivity index is 1.27. The molecule has 37 heavy (non-hydrogen) atoms. The van der Waals surface area contributed by atoms with Gasteiger partial charge in [-0.3, -0.25) is 14.5 Å². The topological polar surface area (TPSA) is 62.3 Å². The summed E-state index contributed by atoms with van der Waals surface area (Å²) in [6.07, 6.45) is 0.959. The minimum absolute atomic E-state index is 0.0704. The molecule has 2 aromatic carbocycles. The Kier molecular flexibility index (Phi) is 7.48. The summed E-state index contributed by atoms with van der Waals surface area (Å²) in [5, 5.41) is 2.16. The number of hydrogen-bond donors (Lipinski definition) is 0. The van der Waals surface area contributed by atoms with Crippen LogP contribution in [0.15, 0.2) is 60.0 Å². The fourth-order valence-electron chi connectivity index (χ4n) is 5.41. The molecule has 3 heterocycles. The molecule has 1 fully saturated rings. The summed E-state index contributed by atoms with van der Waals surface area (Å²) in [5.41, 5.74) is 3.05. The number of rotatable bonds is 6. The fraction of sp³-hybridized carbons (Fsp3) is 0.379. The van der Waals surface area contributed by atoms with Crippen LogP contribution in [0, 0.1) is 0 Å². The normalized spacial score (nSPS) is 18.7. The van der Waals surface area contributed by atoms with Gasteiger partial charge in [0.05, 0.1) is 26.3 Å². The van der Waals surface area contributed by atoms with Gasteiger partial charge in [-0.15, -0.1) is 11.3 Å². The molecule has 8 heteroatoms. The predicted octanol–water partition coefficient (Wildman–Crippen LogP) is 4.09. The first kappa shape index (κ1) is 25.3. The van der Waals surface area contributed by atoms with Crippen LogP contribution in [-0.4, -0.2) is 79.5 Å². The number of methoxy groups -OCH3 is 2. The van der Waals surface area contributed by atoms with Crippen molar-refractivity contribution < 1.29 is 19.1 Å². The maximum absolute atomic E-state index is 13.7. The molecule has 0 aliphatic carbocycles. The van der Waals surface area contributed by atoms with Crippen LogP contribution in [0.1, 0.15) is 39.3 Å². The minimum atomic E-state index is -0.261. The average Bonchev–Trinajstić information content (AvgIpc) is 3.44. The molecule has 2 amide bonds. The Labute approximate surface area is 222 Å². The van der Waals surface area contributed by atoms with E-state index in [1.54, 1.807) is 48.7 Å². The van der Waals surface area contributed by atoms with Crippen molar-refractivity contribution >= 4 is 23.2 Å². The molecule has 0 saturated carbocycles. The Bertz CT molecular complexity index is 1230. The summed E-state index contributed by atoms with van der Waals surface area (Å²) >= 11 is 1.80. The molecule has 0 unspecified atom stereocenters. The number of ether oxygens (including phenoxy) is 2. The second-order valence-corrected chi connectivity index (χ2v) is 10.5. The largest absolute Gasteiger partial charge is 0.497 e. The van der Waals surface area contributed by atoms with Crippen LogP contribution in [0.5, 0.6) is 11.5 Å². The van der Waals surface area contributed by atoms with Gasteiger partial charge in [-0.1, -0.05) is 30.3 Å². The van der Waals surface area contributed by atoms with Crippen molar-refractivity contribution in [2.45, 2.75) is 25.4 Å². The summed E-state index contributed by atoms with van der Waals surface area (Å²) in [7, 11) is 3.14. The second kappa shape index (κ2) is 10.9. The number of hydrogen-bond acceptors (Lipinski definition) is 6. The maximum atomic E-state index is 13.7. The standard InChI is InChI=1S/C29H33N3O4S/c1-20(32-11-9-26-25(10-16-37-26)27(32)21-7-5-4-6-8-21)28(33)30-12-14-31(15-13-30)29(34)22-17-23(35-2)19-24(18-22)36-3/h4-8,10,16-20,27H,9,11-15H2,1-3H3/t20-,27+/m0/s1. The van der Waals surface area contributed by atoms with Gasteiger partial charge in [-0.2, -0.15) is 0 Å². The number of benzene rings is 2. The summed E-state index contributed by atoms with van der Waals surface area (Å²) in [4.78, 5) is 34.3. The molecule has 3 aromatic rings. The molecule has 194 valence electrons. The molecular weight excluding hydrogens is 486 g/mol. The lowest BCUT2D eigenvalue weighted by atomic mass is 9.92. The molecule has 5 rings (SSSR count). The number of fused-ring (bicyclic) bond motifs is 1. The number of nitrogens with zero attached hydrogens (tertiary/aromatic N) is 3. The zero-order valence-electron chi connectivity index (χ0n) is 21.6. The molecule has 0 bridgehead atoms. The second-order valence-electron chi connectivity index (χ2n) is 9.49. The van der Waals surface area contributed by atoms with E-state index in [2.05, 4.69) is 40.6 Å². The third-order valence-electron chi connectivity index (χ3n) is 7.45. The summed E-state index contributed by atoms with van der Waals surface area (Å²) in [6.45, 7) is 4.89. The third kappa shape index (κ3) is 5.08. The molecule has 0 spiro atoms. The van der Waals surface area contributed by atoms with Crippen LogP contribution in [0.3, 0.4) is 0 Å². The number of carbonyl (C=O) groups is 2. The monoisotopic (exact) mass is 519 g/mol. The van der Waals surface area contributed by atoms with Gasteiger partial charge < -0.3 is 19.3 Å². The van der Waals surface area contributed by atoms with Gasteiger partial charge in [0, 0.05) is 49.2 Å². The lowest BCUT2D eigenvalue weighted by Crippen LogP contribution is -2.56. The fourth-order valence-corrected chi connectivity index (χ4v) is 6.31. The van der Waals surface area contributed by atoms with Gasteiger partial charge in [-0.05, 0) is 48.1 Å². The highest BCUT2D eigenvalue weighted by Crippen LogP contribution is 2.39. The van der Waals surface area contributed by atoms with E-state index in [1.165, 1.54) is 16.0 Å². The van der Waals surface area contributed by atoms with E-state index in [0.717, 1.165) is 13.0 Å². The molecule has 2 aliphatic rings. The summed E-state index contributed by atoms with van der Waals surface area (Å²) in [5.74, 6) is 1.19. The number of carbonyl (C=O) groups excluding carboxylic acids is 2. The van der Waals surface area contributed by atoms with Gasteiger partial charge in [0.2, 0.25) is 5.91 Å². The molecule has 0 N–H and O–H groups in total. The number of amides is 2. The maximum Gasteiger partial charge on any atom is 0.254 e. The first-order valence-corrected chi connectivity index (χ1v) is 13.6. The van der Waals surface area contributed by atoms with Gasteiger partial charge >= 0.3 is 0 Å². The van der Waals surface area contributed by atoms with E-state index < -0.39 is 0 Å². The van der Waals surface area contributed by atoms with Crippen molar-refractivity contribution in [3.8, 4) is 11.5 Å². The molecule has 1 saturated heterocycles. The van der Waals surface area contributed by atoms with Gasteiger partial charge in [0.1, 0.15) is 11.5 Å². The van der Waals surface area contributed by atoms with Crippen molar-refractivity contribution in [2.75, 3.05) is 46.9 Å². The molecule has 0 radical (unpaired) electrons. The zero-order chi connectivity index (χ0) is 25.9. The van der Waals surface area contributed by atoms with E-state index in [1.807, 2.05) is 17.9 Å². The molecular formula is C29H33N3O4S. The lowest BCUT2D eigenvalue weighted by Gasteiger charge is -2.42. The Morgan fingerprint density at radius 3 is 2.19 bits per heavy atom. The van der Waals surface area contributed by atoms with Gasteiger partial charge in [0.25, 0.3) is 5.91 Å². The van der Waals surface area contributed by atoms with E-state index in [0.29, 0.717) is 43.2 Å². The average molecular weight is 520 g/mol. The minimum Gasteiger partial charge on any atom is -0.497 e. The van der Waals surface area contributed by atoms with Crippen molar-refractivity contribution in [1.82, 2.24) is 14.7 Å². The third-order valence-corrected chi connectivity index (χ3v) is 8.45. The van der Waals surface area contributed by atoms with E-state index in [4.69, 9.17) is 9.47 Å². The van der Waals surface area contributed by atoms with Crippen molar-refractivity contribution in [2.24, 2.45) is 0 Å². The van der Waals surface area contributed by atoms with E-state index in [-0.39, 0.29) is 23.9 Å². The molecule has 2 atom stereocenters. The quantitative estimate of drug-likeness (QED) is 0.491. The van der Waals surface area contributed by atoms with Crippen molar-refractivity contribution in [3.05, 3.63) is 81.5 Å². The molecule has 2 aliphatic heterocycles. The number of piperazine rings is 1.